The number of rotatable bonds is 3. The van der Waals surface area contributed by atoms with Crippen molar-refractivity contribution in [3.8, 4) is 0 Å². The first-order valence-electron chi connectivity index (χ1n) is 5.90. The van der Waals surface area contributed by atoms with Gasteiger partial charge in [0.1, 0.15) is 6.04 Å². The molecule has 0 aromatic rings. The van der Waals surface area contributed by atoms with E-state index in [1.165, 1.54) is 0 Å². The van der Waals surface area contributed by atoms with E-state index in [0.29, 0.717) is 13.2 Å². The number of carbonyl (C=O) groups excluding carboxylic acids is 1. The fourth-order valence-corrected chi connectivity index (χ4v) is 2.66. The molecule has 1 aliphatic heterocycles. The number of amides is 1. The number of carbonyl (C=O) groups is 1. The van der Waals surface area contributed by atoms with Gasteiger partial charge in [0.25, 0.3) is 0 Å². The number of methoxy groups -OCH3 is 1. The molecule has 16 heavy (non-hydrogen) atoms. The van der Waals surface area contributed by atoms with Gasteiger partial charge in [0.05, 0.1) is 25.4 Å². The summed E-state index contributed by atoms with van der Waals surface area (Å²) in [6, 6.07) is -0.298. The third kappa shape index (κ3) is 2.21. The van der Waals surface area contributed by atoms with Crippen LogP contribution < -0.4 is 5.73 Å². The van der Waals surface area contributed by atoms with E-state index in [2.05, 4.69) is 0 Å². The van der Waals surface area contributed by atoms with Crippen molar-refractivity contribution in [2.45, 2.75) is 37.5 Å². The molecule has 2 N–H and O–H groups in total. The molecular weight excluding hydrogens is 208 g/mol. The molecule has 2 aliphatic rings. The molecule has 0 radical (unpaired) electrons. The number of ether oxygens (including phenoxy) is 2. The normalized spacial score (nSPS) is 31.2. The Bertz CT molecular complexity index is 260. The van der Waals surface area contributed by atoms with Crippen molar-refractivity contribution in [1.82, 2.24) is 4.90 Å². The SMILES string of the molecule is COCC(N)C(=O)N1CCOC2CCCC21. The summed E-state index contributed by atoms with van der Waals surface area (Å²) in [5.41, 5.74) is 5.78. The van der Waals surface area contributed by atoms with Crippen LogP contribution in [0.15, 0.2) is 0 Å². The lowest BCUT2D eigenvalue weighted by molar-refractivity contribution is -0.146. The molecule has 0 spiro atoms. The molecular formula is C11H20N2O3. The van der Waals surface area contributed by atoms with Gasteiger partial charge in [-0.05, 0) is 19.3 Å². The number of hydrogen-bond donors (Lipinski definition) is 1. The molecule has 2 fully saturated rings. The minimum atomic E-state index is -0.538. The third-order valence-electron chi connectivity index (χ3n) is 3.43. The van der Waals surface area contributed by atoms with Gasteiger partial charge in [-0.1, -0.05) is 0 Å². The maximum atomic E-state index is 12.1. The highest BCUT2D eigenvalue weighted by atomic mass is 16.5. The van der Waals surface area contributed by atoms with E-state index >= 15 is 0 Å². The largest absolute Gasteiger partial charge is 0.383 e. The second-order valence-electron chi connectivity index (χ2n) is 4.50. The van der Waals surface area contributed by atoms with Gasteiger partial charge in [-0.2, -0.15) is 0 Å². The van der Waals surface area contributed by atoms with Gasteiger partial charge in [0.15, 0.2) is 0 Å². The lowest BCUT2D eigenvalue weighted by atomic mass is 10.1. The van der Waals surface area contributed by atoms with Crippen LogP contribution in [0.4, 0.5) is 0 Å². The van der Waals surface area contributed by atoms with Crippen LogP contribution in [0.5, 0.6) is 0 Å². The Morgan fingerprint density at radius 2 is 2.44 bits per heavy atom. The molecule has 1 amide bonds. The summed E-state index contributed by atoms with van der Waals surface area (Å²) in [5, 5.41) is 0. The highest BCUT2D eigenvalue weighted by molar-refractivity contribution is 5.82. The minimum Gasteiger partial charge on any atom is -0.383 e. The van der Waals surface area contributed by atoms with Crippen LogP contribution in [0.3, 0.4) is 0 Å². The fraction of sp³-hybridized carbons (Fsp3) is 0.909. The number of fused-ring (bicyclic) bond motifs is 1. The Morgan fingerprint density at radius 1 is 1.62 bits per heavy atom. The van der Waals surface area contributed by atoms with Crippen LogP contribution >= 0.6 is 0 Å². The van der Waals surface area contributed by atoms with E-state index in [1.54, 1.807) is 7.11 Å². The van der Waals surface area contributed by atoms with Crippen LogP contribution in [-0.4, -0.2) is 55.9 Å². The van der Waals surface area contributed by atoms with Gasteiger partial charge in [0.2, 0.25) is 5.91 Å². The smallest absolute Gasteiger partial charge is 0.242 e. The van der Waals surface area contributed by atoms with Gasteiger partial charge in [-0.15, -0.1) is 0 Å². The standard InChI is InChI=1S/C11H20N2O3/c1-15-7-8(12)11(14)13-5-6-16-10-4-2-3-9(10)13/h8-10H,2-7,12H2,1H3. The zero-order chi connectivity index (χ0) is 11.5. The predicted octanol–water partition coefficient (Wildman–Crippen LogP) is -0.260. The van der Waals surface area contributed by atoms with Crippen molar-refractivity contribution < 1.29 is 14.3 Å². The second kappa shape index (κ2) is 5.12. The summed E-state index contributed by atoms with van der Waals surface area (Å²) in [6.45, 7) is 1.58. The van der Waals surface area contributed by atoms with E-state index in [4.69, 9.17) is 15.2 Å². The Kier molecular flexibility index (Phi) is 3.78. The molecule has 0 aromatic carbocycles. The van der Waals surface area contributed by atoms with E-state index in [1.807, 2.05) is 4.90 Å². The lowest BCUT2D eigenvalue weighted by Gasteiger charge is -2.38. The molecule has 5 nitrogen and oxygen atoms in total. The van der Waals surface area contributed by atoms with Gasteiger partial charge in [-0.25, -0.2) is 0 Å². The molecule has 1 heterocycles. The second-order valence-corrected chi connectivity index (χ2v) is 4.50. The van der Waals surface area contributed by atoms with Gasteiger partial charge in [-0.3, -0.25) is 4.79 Å². The van der Waals surface area contributed by atoms with Crippen molar-refractivity contribution in [2.24, 2.45) is 5.73 Å². The molecule has 0 bridgehead atoms. The monoisotopic (exact) mass is 228 g/mol. The highest BCUT2D eigenvalue weighted by Crippen LogP contribution is 2.29. The van der Waals surface area contributed by atoms with E-state index in [0.717, 1.165) is 19.3 Å². The molecule has 1 aliphatic carbocycles. The molecule has 3 unspecified atom stereocenters. The quantitative estimate of drug-likeness (QED) is 0.723. The summed E-state index contributed by atoms with van der Waals surface area (Å²) in [7, 11) is 1.56. The topological polar surface area (TPSA) is 64.8 Å². The third-order valence-corrected chi connectivity index (χ3v) is 3.43. The summed E-state index contributed by atoms with van der Waals surface area (Å²) >= 11 is 0. The van der Waals surface area contributed by atoms with Crippen LogP contribution in [0.2, 0.25) is 0 Å². The molecule has 2 rings (SSSR count). The Morgan fingerprint density at radius 3 is 3.19 bits per heavy atom. The molecule has 92 valence electrons. The first-order chi connectivity index (χ1) is 7.74. The first kappa shape index (κ1) is 11.8. The molecule has 1 saturated heterocycles. The average molecular weight is 228 g/mol. The van der Waals surface area contributed by atoms with Crippen molar-refractivity contribution in [1.29, 1.82) is 0 Å². The van der Waals surface area contributed by atoms with Gasteiger partial charge in [0, 0.05) is 13.7 Å². The summed E-state index contributed by atoms with van der Waals surface area (Å²) < 4.78 is 10.6. The molecule has 3 atom stereocenters. The van der Waals surface area contributed by atoms with E-state index in [9.17, 15) is 4.79 Å². The maximum absolute atomic E-state index is 12.1. The highest BCUT2D eigenvalue weighted by Gasteiger charge is 2.39. The maximum Gasteiger partial charge on any atom is 0.242 e. The number of hydrogen-bond acceptors (Lipinski definition) is 4. The number of nitrogens with zero attached hydrogens (tertiary/aromatic N) is 1. The Balaban J connectivity index is 1.99. The Hall–Kier alpha value is -0.650. The first-order valence-corrected chi connectivity index (χ1v) is 5.90. The molecule has 5 heteroatoms. The molecule has 1 saturated carbocycles. The van der Waals surface area contributed by atoms with E-state index < -0.39 is 6.04 Å². The van der Waals surface area contributed by atoms with Gasteiger partial charge < -0.3 is 20.1 Å². The zero-order valence-electron chi connectivity index (χ0n) is 9.72. The van der Waals surface area contributed by atoms with Crippen LogP contribution in [0.25, 0.3) is 0 Å². The summed E-state index contributed by atoms with van der Waals surface area (Å²) in [5.74, 6) is 0.00190. The number of nitrogens with two attached hydrogens (primary N) is 1. The van der Waals surface area contributed by atoms with Crippen LogP contribution in [0.1, 0.15) is 19.3 Å². The zero-order valence-corrected chi connectivity index (χ0v) is 9.72. The van der Waals surface area contributed by atoms with Crippen LogP contribution in [-0.2, 0) is 14.3 Å². The van der Waals surface area contributed by atoms with Crippen molar-refractivity contribution in [3.05, 3.63) is 0 Å². The Labute approximate surface area is 95.9 Å². The average Bonchev–Trinajstić information content (AvgIpc) is 2.76. The van der Waals surface area contributed by atoms with Gasteiger partial charge >= 0.3 is 0 Å². The fourth-order valence-electron chi connectivity index (χ4n) is 2.66. The van der Waals surface area contributed by atoms with Crippen molar-refractivity contribution in [3.63, 3.8) is 0 Å². The predicted molar refractivity (Wildman–Crippen MR) is 58.9 cm³/mol. The van der Waals surface area contributed by atoms with Crippen molar-refractivity contribution >= 4 is 5.91 Å². The minimum absolute atomic E-state index is 0.00190. The number of morpholine rings is 1. The van der Waals surface area contributed by atoms with E-state index in [-0.39, 0.29) is 24.7 Å². The molecule has 0 aromatic heterocycles. The summed E-state index contributed by atoms with van der Waals surface area (Å²) in [6.07, 6.45) is 3.47. The summed E-state index contributed by atoms with van der Waals surface area (Å²) in [4.78, 5) is 14.0. The lowest BCUT2D eigenvalue weighted by Crippen LogP contribution is -2.56. The van der Waals surface area contributed by atoms with Crippen LogP contribution in [0, 0.1) is 0 Å². The van der Waals surface area contributed by atoms with Crippen molar-refractivity contribution in [2.75, 3.05) is 26.9 Å².